The highest BCUT2D eigenvalue weighted by atomic mass is 35.5. The number of hydrogen-bond acceptors (Lipinski definition) is 2. The third-order valence-corrected chi connectivity index (χ3v) is 2.79. The monoisotopic (exact) mass is 283 g/mol. The van der Waals surface area contributed by atoms with Gasteiger partial charge in [-0.15, -0.1) is 0 Å². The summed E-state index contributed by atoms with van der Waals surface area (Å²) in [6.45, 7) is 0.686. The molecular weight excluding hydrogens is 272 g/mol. The molecule has 2 aromatic rings. The molecule has 0 bridgehead atoms. The van der Waals surface area contributed by atoms with Crippen molar-refractivity contribution in [1.82, 2.24) is 5.32 Å². The summed E-state index contributed by atoms with van der Waals surface area (Å²) in [5, 5.41) is 3.42. The summed E-state index contributed by atoms with van der Waals surface area (Å²) in [5.74, 6) is -1.28. The summed E-state index contributed by atoms with van der Waals surface area (Å²) in [5.41, 5.74) is 1.00. The number of hydrogen-bond donors (Lipinski definition) is 1. The van der Waals surface area contributed by atoms with E-state index in [1.165, 1.54) is 6.07 Å². The summed E-state index contributed by atoms with van der Waals surface area (Å²) < 4.78 is 31.3. The van der Waals surface area contributed by atoms with Crippen LogP contribution in [0.25, 0.3) is 0 Å². The molecule has 19 heavy (non-hydrogen) atoms. The second-order valence-corrected chi connectivity index (χ2v) is 4.38. The lowest BCUT2D eigenvalue weighted by Crippen LogP contribution is -2.04. The van der Waals surface area contributed by atoms with E-state index in [2.05, 4.69) is 5.32 Å². The van der Waals surface area contributed by atoms with Crippen LogP contribution in [0.1, 0.15) is 5.56 Å². The summed E-state index contributed by atoms with van der Waals surface area (Å²) in [6, 6.07) is 8.62. The van der Waals surface area contributed by atoms with Crippen LogP contribution in [0.4, 0.5) is 8.78 Å². The normalized spacial score (nSPS) is 10.5. The summed E-state index contributed by atoms with van der Waals surface area (Å²) in [7, 11) is 1.83. The molecule has 0 fully saturated rings. The maximum Gasteiger partial charge on any atom is 0.162 e. The van der Waals surface area contributed by atoms with Gasteiger partial charge in [-0.2, -0.15) is 0 Å². The van der Waals surface area contributed by atoms with Gasteiger partial charge in [0, 0.05) is 12.6 Å². The summed E-state index contributed by atoms with van der Waals surface area (Å²) >= 11 is 6.07. The average Bonchev–Trinajstić information content (AvgIpc) is 2.37. The molecule has 2 nitrogen and oxygen atoms in total. The van der Waals surface area contributed by atoms with E-state index in [0.717, 1.165) is 17.7 Å². The van der Waals surface area contributed by atoms with Crippen molar-refractivity contribution in [3.8, 4) is 11.5 Å². The topological polar surface area (TPSA) is 21.3 Å². The molecule has 5 heteroatoms. The largest absolute Gasteiger partial charge is 0.456 e. The minimum Gasteiger partial charge on any atom is -0.456 e. The lowest BCUT2D eigenvalue weighted by atomic mass is 10.2. The van der Waals surface area contributed by atoms with Gasteiger partial charge >= 0.3 is 0 Å². The van der Waals surface area contributed by atoms with Gasteiger partial charge in [0.05, 0.1) is 5.02 Å². The van der Waals surface area contributed by atoms with Crippen molar-refractivity contribution in [3.05, 3.63) is 58.6 Å². The van der Waals surface area contributed by atoms with Crippen LogP contribution >= 0.6 is 11.6 Å². The molecule has 2 aromatic carbocycles. The van der Waals surface area contributed by atoms with Gasteiger partial charge in [-0.25, -0.2) is 8.78 Å². The second-order valence-electron chi connectivity index (χ2n) is 3.97. The van der Waals surface area contributed by atoms with Crippen molar-refractivity contribution < 1.29 is 13.5 Å². The van der Waals surface area contributed by atoms with E-state index in [-0.39, 0.29) is 5.75 Å². The molecule has 0 unspecified atom stereocenters. The Morgan fingerprint density at radius 3 is 2.53 bits per heavy atom. The van der Waals surface area contributed by atoms with Crippen LogP contribution in [-0.4, -0.2) is 7.05 Å². The van der Waals surface area contributed by atoms with Gasteiger partial charge in [-0.05, 0) is 36.9 Å². The SMILES string of the molecule is CNCc1ccc(Oc2ccc(F)c(F)c2)c(Cl)c1. The molecule has 2 rings (SSSR count). The van der Waals surface area contributed by atoms with E-state index in [1.54, 1.807) is 12.1 Å². The molecule has 0 amide bonds. The highest BCUT2D eigenvalue weighted by molar-refractivity contribution is 6.32. The van der Waals surface area contributed by atoms with Crippen LogP contribution in [0.15, 0.2) is 36.4 Å². The minimum absolute atomic E-state index is 0.196. The molecule has 0 saturated heterocycles. The smallest absolute Gasteiger partial charge is 0.162 e. The Kier molecular flexibility index (Phi) is 4.35. The fourth-order valence-electron chi connectivity index (χ4n) is 1.61. The zero-order valence-electron chi connectivity index (χ0n) is 10.2. The van der Waals surface area contributed by atoms with Crippen molar-refractivity contribution in [3.63, 3.8) is 0 Å². The summed E-state index contributed by atoms with van der Waals surface area (Å²) in [4.78, 5) is 0. The van der Waals surface area contributed by atoms with Gasteiger partial charge in [0.1, 0.15) is 11.5 Å². The van der Waals surface area contributed by atoms with Crippen molar-refractivity contribution in [2.75, 3.05) is 7.05 Å². The van der Waals surface area contributed by atoms with Crippen LogP contribution in [0.5, 0.6) is 11.5 Å². The molecular formula is C14H12ClF2NO. The standard InChI is InChI=1S/C14H12ClF2NO/c1-18-8-9-2-5-14(11(15)6-9)19-10-3-4-12(16)13(17)7-10/h2-7,18H,8H2,1H3. The van der Waals surface area contributed by atoms with Crippen molar-refractivity contribution in [1.29, 1.82) is 0 Å². The molecule has 0 heterocycles. The maximum atomic E-state index is 13.1. The first-order chi connectivity index (χ1) is 9.10. The Labute approximate surface area is 115 Å². The van der Waals surface area contributed by atoms with Gasteiger partial charge in [0.2, 0.25) is 0 Å². The van der Waals surface area contributed by atoms with E-state index in [9.17, 15) is 8.78 Å². The molecule has 0 spiro atoms. The fourth-order valence-corrected chi connectivity index (χ4v) is 1.85. The van der Waals surface area contributed by atoms with Crippen LogP contribution in [0.3, 0.4) is 0 Å². The van der Waals surface area contributed by atoms with E-state index in [4.69, 9.17) is 16.3 Å². The molecule has 0 aliphatic carbocycles. The Balaban J connectivity index is 2.20. The average molecular weight is 284 g/mol. The zero-order valence-corrected chi connectivity index (χ0v) is 11.0. The van der Waals surface area contributed by atoms with Crippen LogP contribution in [0.2, 0.25) is 5.02 Å². The van der Waals surface area contributed by atoms with Crippen molar-refractivity contribution >= 4 is 11.6 Å². The zero-order chi connectivity index (χ0) is 13.8. The predicted molar refractivity (Wildman–Crippen MR) is 70.6 cm³/mol. The molecule has 0 aromatic heterocycles. The lowest BCUT2D eigenvalue weighted by molar-refractivity contribution is 0.461. The maximum absolute atomic E-state index is 13.1. The highest BCUT2D eigenvalue weighted by Crippen LogP contribution is 2.30. The second kappa shape index (κ2) is 5.99. The van der Waals surface area contributed by atoms with E-state index >= 15 is 0 Å². The van der Waals surface area contributed by atoms with Gasteiger partial charge in [0.25, 0.3) is 0 Å². The molecule has 0 atom stereocenters. The van der Waals surface area contributed by atoms with Gasteiger partial charge in [-0.3, -0.25) is 0 Å². The number of rotatable bonds is 4. The minimum atomic E-state index is -0.958. The molecule has 1 N–H and O–H groups in total. The van der Waals surface area contributed by atoms with E-state index < -0.39 is 11.6 Å². The van der Waals surface area contributed by atoms with Crippen LogP contribution < -0.4 is 10.1 Å². The molecule has 0 aliphatic rings. The third-order valence-electron chi connectivity index (χ3n) is 2.50. The number of ether oxygens (including phenoxy) is 1. The third kappa shape index (κ3) is 3.43. The lowest BCUT2D eigenvalue weighted by Gasteiger charge is -2.09. The van der Waals surface area contributed by atoms with Gasteiger partial charge < -0.3 is 10.1 Å². The predicted octanol–water partition coefficient (Wildman–Crippen LogP) is 4.13. The first-order valence-corrected chi connectivity index (χ1v) is 6.04. The summed E-state index contributed by atoms with van der Waals surface area (Å²) in [6.07, 6.45) is 0. The Morgan fingerprint density at radius 2 is 1.89 bits per heavy atom. The number of halogens is 3. The molecule has 0 saturated carbocycles. The number of nitrogens with one attached hydrogen (secondary N) is 1. The van der Waals surface area contributed by atoms with Crippen molar-refractivity contribution in [2.45, 2.75) is 6.54 Å². The van der Waals surface area contributed by atoms with E-state index in [0.29, 0.717) is 17.3 Å². The first kappa shape index (κ1) is 13.8. The Morgan fingerprint density at radius 1 is 1.11 bits per heavy atom. The highest BCUT2D eigenvalue weighted by Gasteiger charge is 2.07. The van der Waals surface area contributed by atoms with Gasteiger partial charge in [-0.1, -0.05) is 17.7 Å². The quantitative estimate of drug-likeness (QED) is 0.911. The number of benzene rings is 2. The van der Waals surface area contributed by atoms with Crippen molar-refractivity contribution in [2.24, 2.45) is 0 Å². The van der Waals surface area contributed by atoms with E-state index in [1.807, 2.05) is 13.1 Å². The van der Waals surface area contributed by atoms with Crippen LogP contribution in [0, 0.1) is 11.6 Å². The fraction of sp³-hybridized carbons (Fsp3) is 0.143. The van der Waals surface area contributed by atoms with Gasteiger partial charge in [0.15, 0.2) is 11.6 Å². The Hall–Kier alpha value is -1.65. The first-order valence-electron chi connectivity index (χ1n) is 5.66. The molecule has 100 valence electrons. The van der Waals surface area contributed by atoms with Crippen LogP contribution in [-0.2, 0) is 6.54 Å². The molecule has 0 radical (unpaired) electrons. The molecule has 0 aliphatic heterocycles. The Bertz CT molecular complexity index is 590.